The number of nitrogens with one attached hydrogen (secondary N) is 2. The second-order valence-corrected chi connectivity index (χ2v) is 7.56. The first-order valence-electron chi connectivity index (χ1n) is 10.2. The molecule has 1 aliphatic rings. The number of hydrogen-bond acceptors (Lipinski definition) is 4. The van der Waals surface area contributed by atoms with E-state index in [-0.39, 0.29) is 36.9 Å². The third-order valence-corrected chi connectivity index (χ3v) is 5.14. The molecule has 158 valence electrons. The highest BCUT2D eigenvalue weighted by Gasteiger charge is 2.31. The quantitative estimate of drug-likeness (QED) is 0.738. The molecular formula is C23H28N4O3. The lowest BCUT2D eigenvalue weighted by Gasteiger charge is -2.27. The number of benzene rings is 2. The minimum absolute atomic E-state index is 0.00163. The number of likely N-dealkylation sites (N-methyl/N-ethyl adjacent to an activating group) is 1. The SMILES string of the molecule is CCN(CC(=O)Nc1ccc(NC(C)=O)cc1)CC(=O)N1c2ccccc2C[C@@H]1C. The zero-order chi connectivity index (χ0) is 21.7. The van der Waals surface area contributed by atoms with Crippen molar-refractivity contribution < 1.29 is 14.4 Å². The van der Waals surface area contributed by atoms with Gasteiger partial charge in [-0.05, 0) is 55.8 Å². The van der Waals surface area contributed by atoms with Gasteiger partial charge < -0.3 is 15.5 Å². The average Bonchev–Trinajstić information content (AvgIpc) is 3.04. The molecule has 0 radical (unpaired) electrons. The van der Waals surface area contributed by atoms with Gasteiger partial charge in [-0.3, -0.25) is 19.3 Å². The summed E-state index contributed by atoms with van der Waals surface area (Å²) in [6, 6.07) is 15.0. The van der Waals surface area contributed by atoms with E-state index in [0.29, 0.717) is 17.9 Å². The van der Waals surface area contributed by atoms with Crippen molar-refractivity contribution in [3.63, 3.8) is 0 Å². The summed E-state index contributed by atoms with van der Waals surface area (Å²) in [6.45, 7) is 6.32. The summed E-state index contributed by atoms with van der Waals surface area (Å²) in [6.07, 6.45) is 0.850. The van der Waals surface area contributed by atoms with Crippen molar-refractivity contribution in [2.24, 2.45) is 0 Å². The van der Waals surface area contributed by atoms with Crippen LogP contribution in [0.2, 0.25) is 0 Å². The lowest BCUT2D eigenvalue weighted by atomic mass is 10.1. The van der Waals surface area contributed by atoms with Crippen LogP contribution in [0.3, 0.4) is 0 Å². The van der Waals surface area contributed by atoms with Gasteiger partial charge >= 0.3 is 0 Å². The fraction of sp³-hybridized carbons (Fsp3) is 0.348. The van der Waals surface area contributed by atoms with E-state index >= 15 is 0 Å². The summed E-state index contributed by atoms with van der Waals surface area (Å²) < 4.78 is 0. The minimum atomic E-state index is -0.188. The van der Waals surface area contributed by atoms with Crippen LogP contribution in [-0.2, 0) is 20.8 Å². The highest BCUT2D eigenvalue weighted by atomic mass is 16.2. The molecule has 1 aliphatic heterocycles. The Hall–Kier alpha value is -3.19. The van der Waals surface area contributed by atoms with Gasteiger partial charge in [-0.2, -0.15) is 0 Å². The van der Waals surface area contributed by atoms with Crippen LogP contribution in [0.1, 0.15) is 26.3 Å². The summed E-state index contributed by atoms with van der Waals surface area (Å²) in [4.78, 5) is 40.2. The Labute approximate surface area is 177 Å². The van der Waals surface area contributed by atoms with Crippen molar-refractivity contribution in [2.75, 3.05) is 35.2 Å². The van der Waals surface area contributed by atoms with E-state index in [1.165, 1.54) is 12.5 Å². The maximum atomic E-state index is 13.0. The fourth-order valence-corrected chi connectivity index (χ4v) is 3.74. The average molecular weight is 409 g/mol. The van der Waals surface area contributed by atoms with E-state index in [1.807, 2.05) is 41.8 Å². The van der Waals surface area contributed by atoms with Gasteiger partial charge in [-0.1, -0.05) is 25.1 Å². The molecule has 0 aromatic heterocycles. The highest BCUT2D eigenvalue weighted by molar-refractivity contribution is 5.98. The number of nitrogens with zero attached hydrogens (tertiary/aromatic N) is 2. The molecular weight excluding hydrogens is 380 g/mol. The van der Waals surface area contributed by atoms with Gasteiger partial charge in [-0.15, -0.1) is 0 Å². The maximum Gasteiger partial charge on any atom is 0.241 e. The van der Waals surface area contributed by atoms with Gasteiger partial charge in [0.1, 0.15) is 0 Å². The van der Waals surface area contributed by atoms with Gasteiger partial charge in [0, 0.05) is 30.0 Å². The standard InChI is InChI=1S/C23H28N4O3/c1-4-26(14-22(29)25-20-11-9-19(10-12-20)24-17(3)28)15-23(30)27-16(2)13-18-7-5-6-8-21(18)27/h5-12,16H,4,13-15H2,1-3H3,(H,24,28)(H,25,29)/t16-/m0/s1. The van der Waals surface area contributed by atoms with Gasteiger partial charge in [0.05, 0.1) is 13.1 Å². The molecule has 7 nitrogen and oxygen atoms in total. The van der Waals surface area contributed by atoms with Gasteiger partial charge in [0.2, 0.25) is 17.7 Å². The number of amides is 3. The molecule has 1 atom stereocenters. The Morgan fingerprint density at radius 1 is 1.00 bits per heavy atom. The largest absolute Gasteiger partial charge is 0.326 e. The number of hydrogen-bond donors (Lipinski definition) is 2. The molecule has 2 aromatic rings. The Morgan fingerprint density at radius 3 is 2.27 bits per heavy atom. The number of para-hydroxylation sites is 1. The van der Waals surface area contributed by atoms with Crippen molar-refractivity contribution in [1.29, 1.82) is 0 Å². The van der Waals surface area contributed by atoms with Crippen molar-refractivity contribution >= 4 is 34.8 Å². The molecule has 1 heterocycles. The monoisotopic (exact) mass is 408 g/mol. The summed E-state index contributed by atoms with van der Waals surface area (Å²) in [7, 11) is 0. The maximum absolute atomic E-state index is 13.0. The van der Waals surface area contributed by atoms with E-state index in [2.05, 4.69) is 16.7 Å². The molecule has 0 saturated heterocycles. The van der Waals surface area contributed by atoms with Crippen molar-refractivity contribution in [2.45, 2.75) is 33.2 Å². The number of carbonyl (C=O) groups excluding carboxylic acids is 3. The van der Waals surface area contributed by atoms with Crippen LogP contribution < -0.4 is 15.5 Å². The molecule has 3 amide bonds. The Bertz CT molecular complexity index is 926. The first-order chi connectivity index (χ1) is 14.4. The summed E-state index contributed by atoms with van der Waals surface area (Å²) in [5, 5.41) is 5.52. The lowest BCUT2D eigenvalue weighted by Crippen LogP contribution is -2.45. The number of carbonyl (C=O) groups is 3. The zero-order valence-corrected chi connectivity index (χ0v) is 17.6. The summed E-state index contributed by atoms with van der Waals surface area (Å²) >= 11 is 0. The van der Waals surface area contributed by atoms with Crippen LogP contribution in [-0.4, -0.2) is 48.3 Å². The summed E-state index contributed by atoms with van der Waals surface area (Å²) in [5.74, 6) is -0.335. The van der Waals surface area contributed by atoms with Gasteiger partial charge in [0.15, 0.2) is 0 Å². The highest BCUT2D eigenvalue weighted by Crippen LogP contribution is 2.31. The first-order valence-corrected chi connectivity index (χ1v) is 10.2. The molecule has 0 aliphatic carbocycles. The van der Waals surface area contributed by atoms with E-state index < -0.39 is 0 Å². The predicted molar refractivity (Wildman–Crippen MR) is 119 cm³/mol. The van der Waals surface area contributed by atoms with Crippen LogP contribution in [0, 0.1) is 0 Å². The molecule has 0 bridgehead atoms. The van der Waals surface area contributed by atoms with E-state index in [4.69, 9.17) is 0 Å². The number of anilines is 3. The molecule has 3 rings (SSSR count). The van der Waals surface area contributed by atoms with E-state index in [9.17, 15) is 14.4 Å². The van der Waals surface area contributed by atoms with Gasteiger partial charge in [-0.25, -0.2) is 0 Å². The van der Waals surface area contributed by atoms with E-state index in [0.717, 1.165) is 12.1 Å². The topological polar surface area (TPSA) is 81.8 Å². The molecule has 2 aromatic carbocycles. The molecule has 30 heavy (non-hydrogen) atoms. The second kappa shape index (κ2) is 9.54. The first kappa shape index (κ1) is 21.5. The van der Waals surface area contributed by atoms with Crippen LogP contribution in [0.15, 0.2) is 48.5 Å². The van der Waals surface area contributed by atoms with Crippen molar-refractivity contribution in [3.05, 3.63) is 54.1 Å². The normalized spacial score (nSPS) is 15.1. The van der Waals surface area contributed by atoms with Crippen molar-refractivity contribution in [1.82, 2.24) is 4.90 Å². The Balaban J connectivity index is 1.57. The van der Waals surface area contributed by atoms with Crippen LogP contribution in [0.5, 0.6) is 0 Å². The smallest absolute Gasteiger partial charge is 0.241 e. The van der Waals surface area contributed by atoms with Crippen LogP contribution in [0.25, 0.3) is 0 Å². The third kappa shape index (κ3) is 5.24. The molecule has 0 saturated carbocycles. The van der Waals surface area contributed by atoms with Crippen LogP contribution >= 0.6 is 0 Å². The second-order valence-electron chi connectivity index (χ2n) is 7.56. The van der Waals surface area contributed by atoms with E-state index in [1.54, 1.807) is 24.3 Å². The minimum Gasteiger partial charge on any atom is -0.326 e. The molecule has 7 heteroatoms. The fourth-order valence-electron chi connectivity index (χ4n) is 3.74. The molecule has 0 unspecified atom stereocenters. The zero-order valence-electron chi connectivity index (χ0n) is 17.6. The lowest BCUT2D eigenvalue weighted by molar-refractivity contribution is -0.121. The Kier molecular flexibility index (Phi) is 6.84. The Morgan fingerprint density at radius 2 is 1.63 bits per heavy atom. The third-order valence-electron chi connectivity index (χ3n) is 5.14. The van der Waals surface area contributed by atoms with Crippen LogP contribution in [0.4, 0.5) is 17.1 Å². The number of fused-ring (bicyclic) bond motifs is 1. The molecule has 0 spiro atoms. The van der Waals surface area contributed by atoms with Gasteiger partial charge in [0.25, 0.3) is 0 Å². The number of rotatable bonds is 7. The summed E-state index contributed by atoms with van der Waals surface area (Å²) in [5.41, 5.74) is 3.46. The van der Waals surface area contributed by atoms with Crippen molar-refractivity contribution in [3.8, 4) is 0 Å². The molecule has 0 fully saturated rings. The molecule has 2 N–H and O–H groups in total. The predicted octanol–water partition coefficient (Wildman–Crippen LogP) is 2.88.